The lowest BCUT2D eigenvalue weighted by Crippen LogP contribution is -2.44. The molecule has 4 heterocycles. The topological polar surface area (TPSA) is 104 Å². The zero-order valence-corrected chi connectivity index (χ0v) is 20.3. The Morgan fingerprint density at radius 3 is 2.61 bits per heavy atom. The van der Waals surface area contributed by atoms with Crippen LogP contribution in [0, 0.1) is 6.92 Å². The Hall–Kier alpha value is -4.02. The van der Waals surface area contributed by atoms with Crippen molar-refractivity contribution in [1.82, 2.24) is 29.0 Å². The van der Waals surface area contributed by atoms with Gasteiger partial charge in [-0.15, -0.1) is 0 Å². The summed E-state index contributed by atoms with van der Waals surface area (Å²) in [6.45, 7) is 6.45. The Bertz CT molecular complexity index is 1650. The summed E-state index contributed by atoms with van der Waals surface area (Å²) in [5.41, 5.74) is 4.70. The van der Waals surface area contributed by atoms with E-state index in [1.807, 2.05) is 30.3 Å². The monoisotopic (exact) mass is 484 g/mol. The number of aliphatic hydroxyl groups excluding tert-OH is 1. The van der Waals surface area contributed by atoms with E-state index in [0.29, 0.717) is 22.6 Å². The van der Waals surface area contributed by atoms with Crippen molar-refractivity contribution in [3.8, 4) is 0 Å². The van der Waals surface area contributed by atoms with Crippen molar-refractivity contribution in [2.45, 2.75) is 13.5 Å². The van der Waals surface area contributed by atoms with Gasteiger partial charge in [0.1, 0.15) is 5.39 Å². The van der Waals surface area contributed by atoms with E-state index in [1.165, 1.54) is 22.0 Å². The number of hydrogen-bond donors (Lipinski definition) is 2. The van der Waals surface area contributed by atoms with Crippen LogP contribution in [-0.4, -0.2) is 74.0 Å². The van der Waals surface area contributed by atoms with Crippen LogP contribution < -0.4 is 15.8 Å². The fraction of sp³-hybridized carbons (Fsp3) is 0.308. The molecular weight excluding hydrogens is 456 g/mol. The van der Waals surface area contributed by atoms with Gasteiger partial charge in [0.2, 0.25) is 5.95 Å². The predicted octanol–water partition coefficient (Wildman–Crippen LogP) is 2.39. The molecule has 0 unspecified atom stereocenters. The zero-order chi connectivity index (χ0) is 24.8. The molecule has 0 atom stereocenters. The molecule has 6 rings (SSSR count). The van der Waals surface area contributed by atoms with Crippen molar-refractivity contribution in [3.05, 3.63) is 64.6 Å². The van der Waals surface area contributed by atoms with Crippen molar-refractivity contribution in [1.29, 1.82) is 0 Å². The van der Waals surface area contributed by atoms with Gasteiger partial charge in [-0.2, -0.15) is 9.50 Å². The molecule has 1 fully saturated rings. The van der Waals surface area contributed by atoms with E-state index in [0.717, 1.165) is 42.8 Å². The maximum absolute atomic E-state index is 13.4. The third-order valence-electron chi connectivity index (χ3n) is 6.88. The molecule has 2 N–H and O–H groups in total. The lowest BCUT2D eigenvalue weighted by molar-refractivity contribution is 0.268. The average molecular weight is 485 g/mol. The Kier molecular flexibility index (Phi) is 5.54. The van der Waals surface area contributed by atoms with Crippen molar-refractivity contribution in [2.75, 3.05) is 50.1 Å². The molecule has 1 aliphatic rings. The summed E-state index contributed by atoms with van der Waals surface area (Å²) in [7, 11) is 2.16. The van der Waals surface area contributed by atoms with Crippen LogP contribution in [0.15, 0.2) is 53.5 Å². The Balaban J connectivity index is 1.37. The number of aliphatic hydroxyl groups is 1. The quantitative estimate of drug-likeness (QED) is 0.392. The van der Waals surface area contributed by atoms with E-state index >= 15 is 0 Å². The van der Waals surface area contributed by atoms with E-state index in [1.54, 1.807) is 4.68 Å². The minimum absolute atomic E-state index is 0.0926. The number of nitrogens with one attached hydrogen (secondary N) is 1. The number of hydrogen-bond acceptors (Lipinski definition) is 8. The van der Waals surface area contributed by atoms with Crippen LogP contribution in [-0.2, 0) is 6.54 Å². The first-order chi connectivity index (χ1) is 17.5. The van der Waals surface area contributed by atoms with Crippen LogP contribution in [0.5, 0.6) is 0 Å². The molecule has 0 bridgehead atoms. The van der Waals surface area contributed by atoms with Crippen LogP contribution in [0.25, 0.3) is 27.6 Å². The Morgan fingerprint density at radius 1 is 1.03 bits per heavy atom. The number of fused-ring (bicyclic) bond motifs is 4. The lowest BCUT2D eigenvalue weighted by Gasteiger charge is -2.35. The molecule has 3 aromatic heterocycles. The van der Waals surface area contributed by atoms with Gasteiger partial charge in [0.05, 0.1) is 18.7 Å². The third-order valence-corrected chi connectivity index (χ3v) is 6.88. The summed E-state index contributed by atoms with van der Waals surface area (Å²) in [4.78, 5) is 31.9. The first kappa shape index (κ1) is 22.4. The number of aryl methyl sites for hydroxylation is 1. The van der Waals surface area contributed by atoms with Crippen molar-refractivity contribution < 1.29 is 5.11 Å². The molecular formula is C26H28N8O2. The molecule has 1 saturated heterocycles. The number of nitrogens with zero attached hydrogens (tertiary/aromatic N) is 7. The van der Waals surface area contributed by atoms with Crippen LogP contribution in [0.3, 0.4) is 0 Å². The zero-order valence-electron chi connectivity index (χ0n) is 20.3. The van der Waals surface area contributed by atoms with Gasteiger partial charge in [-0.1, -0.05) is 12.1 Å². The molecule has 0 radical (unpaired) electrons. The average Bonchev–Trinajstić information content (AvgIpc) is 3.19. The third kappa shape index (κ3) is 3.75. The second kappa shape index (κ2) is 8.89. The van der Waals surface area contributed by atoms with Gasteiger partial charge in [-0.25, -0.2) is 9.97 Å². The van der Waals surface area contributed by atoms with Crippen molar-refractivity contribution in [3.63, 3.8) is 0 Å². The van der Waals surface area contributed by atoms with Gasteiger partial charge in [0, 0.05) is 49.1 Å². The van der Waals surface area contributed by atoms with E-state index in [9.17, 15) is 9.90 Å². The van der Waals surface area contributed by atoms with E-state index in [4.69, 9.17) is 4.98 Å². The van der Waals surface area contributed by atoms with Crippen LogP contribution in [0.1, 0.15) is 5.56 Å². The summed E-state index contributed by atoms with van der Waals surface area (Å²) in [5, 5.41) is 14.0. The number of anilines is 3. The van der Waals surface area contributed by atoms with Gasteiger partial charge < -0.3 is 20.2 Å². The molecule has 36 heavy (non-hydrogen) atoms. The molecule has 0 aliphatic carbocycles. The van der Waals surface area contributed by atoms with Crippen LogP contribution in [0.2, 0.25) is 0 Å². The molecule has 10 heteroatoms. The number of para-hydroxylation sites is 1. The minimum Gasteiger partial charge on any atom is -0.394 e. The molecule has 5 aromatic rings. The second-order valence-corrected chi connectivity index (χ2v) is 9.26. The molecule has 184 valence electrons. The number of rotatable bonds is 5. The smallest absolute Gasteiger partial charge is 0.283 e. The van der Waals surface area contributed by atoms with Crippen molar-refractivity contribution >= 4 is 44.9 Å². The summed E-state index contributed by atoms with van der Waals surface area (Å²) >= 11 is 0. The highest BCUT2D eigenvalue weighted by atomic mass is 16.3. The minimum atomic E-state index is -0.265. The summed E-state index contributed by atoms with van der Waals surface area (Å²) in [6.07, 6.45) is 1.51. The van der Waals surface area contributed by atoms with Gasteiger partial charge in [0.25, 0.3) is 5.56 Å². The number of aromatic nitrogens is 5. The standard InChI is InChI=1S/C26H28N8O2/c1-17-15-18(7-8-21(17)32-11-9-31(2)10-12-32)28-26-27-16-20-23(30-26)29-24-19-5-3-4-6-22(19)33(13-14-35)34(24)25(20)36/h3-8,15-16,35H,9-14H2,1-2H3,(H,27,28,30). The largest absolute Gasteiger partial charge is 0.394 e. The maximum Gasteiger partial charge on any atom is 0.283 e. The number of benzene rings is 2. The van der Waals surface area contributed by atoms with Crippen LogP contribution in [0.4, 0.5) is 17.3 Å². The maximum atomic E-state index is 13.4. The number of piperazine rings is 1. The fourth-order valence-electron chi connectivity index (χ4n) is 5.00. The predicted molar refractivity (Wildman–Crippen MR) is 141 cm³/mol. The van der Waals surface area contributed by atoms with Gasteiger partial charge in [-0.05, 0) is 49.9 Å². The normalized spacial score (nSPS) is 14.8. The molecule has 10 nitrogen and oxygen atoms in total. The molecule has 1 aliphatic heterocycles. The number of likely N-dealkylation sites (N-methyl/N-ethyl adjacent to an activating group) is 1. The highest BCUT2D eigenvalue weighted by molar-refractivity contribution is 5.94. The van der Waals surface area contributed by atoms with Crippen LogP contribution >= 0.6 is 0 Å². The Labute approximate surface area is 207 Å². The first-order valence-corrected chi connectivity index (χ1v) is 12.1. The first-order valence-electron chi connectivity index (χ1n) is 12.1. The van der Waals surface area contributed by atoms with Gasteiger partial charge in [0.15, 0.2) is 11.3 Å². The Morgan fingerprint density at radius 2 is 1.83 bits per heavy atom. The molecule has 0 amide bonds. The summed E-state index contributed by atoms with van der Waals surface area (Å²) in [6, 6.07) is 13.9. The van der Waals surface area contributed by atoms with Crippen molar-refractivity contribution in [2.24, 2.45) is 0 Å². The molecule has 0 spiro atoms. The fourth-order valence-corrected chi connectivity index (χ4v) is 5.00. The highest BCUT2D eigenvalue weighted by Gasteiger charge is 2.18. The summed E-state index contributed by atoms with van der Waals surface area (Å²) in [5.74, 6) is 0.379. The van der Waals surface area contributed by atoms with Gasteiger partial charge in [-0.3, -0.25) is 9.48 Å². The summed E-state index contributed by atoms with van der Waals surface area (Å²) < 4.78 is 3.25. The second-order valence-electron chi connectivity index (χ2n) is 9.26. The SMILES string of the molecule is Cc1cc(Nc2ncc3c(=O)n4c(nc3n2)c2ccccc2n4CCO)ccc1N1CCN(C)CC1. The van der Waals surface area contributed by atoms with E-state index in [2.05, 4.69) is 51.2 Å². The lowest BCUT2D eigenvalue weighted by atomic mass is 10.1. The molecule has 2 aromatic carbocycles. The van der Waals surface area contributed by atoms with E-state index < -0.39 is 0 Å². The molecule has 0 saturated carbocycles. The highest BCUT2D eigenvalue weighted by Crippen LogP contribution is 2.26. The van der Waals surface area contributed by atoms with E-state index in [-0.39, 0.29) is 18.7 Å². The van der Waals surface area contributed by atoms with Gasteiger partial charge >= 0.3 is 0 Å².